The van der Waals surface area contributed by atoms with E-state index in [-0.39, 0.29) is 36.7 Å². The highest BCUT2D eigenvalue weighted by atomic mass is 19.4. The van der Waals surface area contributed by atoms with Crippen LogP contribution in [-0.4, -0.2) is 37.7 Å². The number of hydrogen-bond donors (Lipinski definition) is 1. The molecule has 1 N–H and O–H groups in total. The Morgan fingerprint density at radius 3 is 2.09 bits per heavy atom. The molecule has 4 aromatic rings. The van der Waals surface area contributed by atoms with E-state index in [1.165, 1.54) is 6.92 Å². The topological polar surface area (TPSA) is 66.9 Å². The van der Waals surface area contributed by atoms with Crippen LogP contribution in [0.3, 0.4) is 0 Å². The predicted octanol–water partition coefficient (Wildman–Crippen LogP) is 7.51. The van der Waals surface area contributed by atoms with Crippen LogP contribution < -0.4 is 0 Å². The second-order valence-electron chi connectivity index (χ2n) is 11.4. The molecule has 0 saturated carbocycles. The third-order valence-corrected chi connectivity index (χ3v) is 8.81. The normalized spacial score (nSPS) is 26.5. The fourth-order valence-corrected chi connectivity index (χ4v) is 6.87. The van der Waals surface area contributed by atoms with Gasteiger partial charge >= 0.3 is 12.4 Å². The second-order valence-corrected chi connectivity index (χ2v) is 11.4. The molecule has 232 valence electrons. The van der Waals surface area contributed by atoms with Gasteiger partial charge in [-0.15, -0.1) is 10.2 Å². The molecule has 0 unspecified atom stereocenters. The van der Waals surface area contributed by atoms with Crippen molar-refractivity contribution >= 4 is 0 Å². The first-order chi connectivity index (χ1) is 20.8. The van der Waals surface area contributed by atoms with Crippen molar-refractivity contribution in [1.82, 2.24) is 25.5 Å². The van der Waals surface area contributed by atoms with Crippen LogP contribution in [0.5, 0.6) is 0 Å². The number of halogens is 7. The summed E-state index contributed by atoms with van der Waals surface area (Å²) in [5, 5.41) is 13.9. The molecule has 0 spiro atoms. The lowest BCUT2D eigenvalue weighted by molar-refractivity contribution is -0.144. The average molecular weight is 620 g/mol. The zero-order valence-electron chi connectivity index (χ0n) is 23.4. The smallest absolute Gasteiger partial charge is 0.368 e. The van der Waals surface area contributed by atoms with E-state index < -0.39 is 52.9 Å². The first kappa shape index (κ1) is 30.2. The number of piperidine rings is 1. The molecular weight excluding hydrogens is 591 g/mol. The van der Waals surface area contributed by atoms with Crippen LogP contribution in [0.1, 0.15) is 65.9 Å². The molecule has 3 aromatic carbocycles. The van der Waals surface area contributed by atoms with E-state index in [1.807, 2.05) is 47.4 Å². The summed E-state index contributed by atoms with van der Waals surface area (Å²) in [6, 6.07) is 19.2. The molecule has 0 aliphatic carbocycles. The summed E-state index contributed by atoms with van der Waals surface area (Å²) in [6.07, 6.45) is -11.7. The van der Waals surface area contributed by atoms with Crippen LogP contribution in [0.4, 0.5) is 30.7 Å². The van der Waals surface area contributed by atoms with Crippen LogP contribution >= 0.6 is 0 Å². The van der Waals surface area contributed by atoms with Gasteiger partial charge in [-0.25, -0.2) is 4.39 Å². The highest BCUT2D eigenvalue weighted by Gasteiger charge is 2.68. The van der Waals surface area contributed by atoms with Crippen molar-refractivity contribution in [3.63, 3.8) is 0 Å². The summed E-state index contributed by atoms with van der Waals surface area (Å²) >= 11 is 0. The van der Waals surface area contributed by atoms with Gasteiger partial charge in [-0.1, -0.05) is 65.9 Å². The highest BCUT2D eigenvalue weighted by molar-refractivity contribution is 5.37. The number of H-pyrrole nitrogens is 1. The molecule has 44 heavy (non-hydrogen) atoms. The number of nitrogens with one attached hydrogen (secondary N) is 1. The molecule has 13 heteroatoms. The Morgan fingerprint density at radius 1 is 0.909 bits per heavy atom. The number of aromatic amines is 1. The van der Waals surface area contributed by atoms with Gasteiger partial charge in [-0.2, -0.15) is 31.6 Å². The van der Waals surface area contributed by atoms with Gasteiger partial charge in [0, 0.05) is 13.0 Å². The monoisotopic (exact) mass is 619 g/mol. The molecule has 3 heterocycles. The van der Waals surface area contributed by atoms with Gasteiger partial charge in [0.25, 0.3) is 0 Å². The van der Waals surface area contributed by atoms with Gasteiger partial charge in [0.1, 0.15) is 0 Å². The van der Waals surface area contributed by atoms with Crippen molar-refractivity contribution < 1.29 is 35.5 Å². The number of benzene rings is 3. The molecule has 1 aromatic heterocycles. The van der Waals surface area contributed by atoms with Gasteiger partial charge in [-0.05, 0) is 54.7 Å². The molecule has 5 atom stereocenters. The Hall–Kier alpha value is -3.84. The van der Waals surface area contributed by atoms with Crippen molar-refractivity contribution in [2.24, 2.45) is 0 Å². The van der Waals surface area contributed by atoms with Crippen molar-refractivity contribution in [3.8, 4) is 0 Å². The number of fused-ring (bicyclic) bond motifs is 2. The SMILES string of the molecule is C[C@H](O[C@@H]1CC[C@@H]2N(Cc3ccccc3)[C@@]1(c1ccccc1)C[C@@]2(F)c1nn[nH]n1)c1cc(C(F)(F)F)cc(C(F)(F)F)c1. The summed E-state index contributed by atoms with van der Waals surface area (Å²) in [7, 11) is 0. The summed E-state index contributed by atoms with van der Waals surface area (Å²) in [5.41, 5.74) is -4.82. The maximum absolute atomic E-state index is 17.4. The van der Waals surface area contributed by atoms with Gasteiger partial charge in [0.2, 0.25) is 5.82 Å². The Labute approximate surface area is 248 Å². The average Bonchev–Trinajstić information content (AvgIpc) is 3.59. The fourth-order valence-electron chi connectivity index (χ4n) is 6.87. The van der Waals surface area contributed by atoms with E-state index in [9.17, 15) is 26.3 Å². The number of tetrazole rings is 1. The molecule has 0 radical (unpaired) electrons. The minimum atomic E-state index is -5.00. The van der Waals surface area contributed by atoms with E-state index >= 15 is 4.39 Å². The van der Waals surface area contributed by atoms with Crippen molar-refractivity contribution in [2.45, 2.75) is 74.5 Å². The van der Waals surface area contributed by atoms with Crippen LogP contribution in [0.15, 0.2) is 78.9 Å². The minimum Gasteiger partial charge on any atom is -0.368 e. The minimum absolute atomic E-state index is 0.0911. The van der Waals surface area contributed by atoms with Crippen molar-refractivity contribution in [1.29, 1.82) is 0 Å². The Balaban J connectivity index is 1.46. The Bertz CT molecular complexity index is 1550. The van der Waals surface area contributed by atoms with E-state index in [0.29, 0.717) is 24.2 Å². The number of ether oxygens (including phenoxy) is 1. The van der Waals surface area contributed by atoms with Crippen LogP contribution in [0, 0.1) is 0 Å². The van der Waals surface area contributed by atoms with Gasteiger partial charge < -0.3 is 4.74 Å². The van der Waals surface area contributed by atoms with E-state index in [1.54, 1.807) is 18.2 Å². The van der Waals surface area contributed by atoms with E-state index in [0.717, 1.165) is 5.56 Å². The van der Waals surface area contributed by atoms with Gasteiger partial charge in [0.15, 0.2) is 5.67 Å². The first-order valence-electron chi connectivity index (χ1n) is 14.1. The molecule has 2 saturated heterocycles. The van der Waals surface area contributed by atoms with E-state index in [2.05, 4.69) is 20.6 Å². The quantitative estimate of drug-likeness (QED) is 0.217. The van der Waals surface area contributed by atoms with Crippen molar-refractivity contribution in [3.05, 3.63) is 113 Å². The number of aromatic nitrogens is 4. The van der Waals surface area contributed by atoms with Crippen molar-refractivity contribution in [2.75, 3.05) is 0 Å². The van der Waals surface area contributed by atoms with E-state index in [4.69, 9.17) is 4.74 Å². The maximum Gasteiger partial charge on any atom is 0.416 e. The van der Waals surface area contributed by atoms with Crippen LogP contribution in [-0.2, 0) is 34.8 Å². The molecule has 2 aliphatic rings. The Morgan fingerprint density at radius 2 is 1.52 bits per heavy atom. The molecule has 6 rings (SSSR count). The Kier molecular flexibility index (Phi) is 7.52. The highest BCUT2D eigenvalue weighted by Crippen LogP contribution is 2.61. The van der Waals surface area contributed by atoms with Gasteiger partial charge in [0.05, 0.1) is 34.9 Å². The van der Waals surface area contributed by atoms with Crippen LogP contribution in [0.25, 0.3) is 0 Å². The number of rotatable bonds is 7. The fraction of sp³-hybridized carbons (Fsp3) is 0.387. The number of nitrogens with zero attached hydrogens (tertiary/aromatic N) is 4. The summed E-state index contributed by atoms with van der Waals surface area (Å²) in [6.45, 7) is 1.71. The summed E-state index contributed by atoms with van der Waals surface area (Å²) in [5.74, 6) is -0.125. The molecular formula is C31H28F7N5O. The van der Waals surface area contributed by atoms with Crippen LogP contribution in [0.2, 0.25) is 0 Å². The second kappa shape index (κ2) is 11.0. The predicted molar refractivity (Wildman–Crippen MR) is 144 cm³/mol. The lowest BCUT2D eigenvalue weighted by Gasteiger charge is -2.50. The summed E-state index contributed by atoms with van der Waals surface area (Å²) in [4.78, 5) is 1.99. The third kappa shape index (κ3) is 5.25. The first-order valence-corrected chi connectivity index (χ1v) is 14.1. The number of alkyl halides is 7. The maximum atomic E-state index is 17.4. The zero-order chi connectivity index (χ0) is 31.3. The molecule has 0 amide bonds. The largest absolute Gasteiger partial charge is 0.416 e. The molecule has 2 bridgehead atoms. The summed E-state index contributed by atoms with van der Waals surface area (Å²) < 4.78 is 106. The standard InChI is InChI=1S/C31H28F7N5O/c1-19(21-14-23(30(33,34)35)16-24(15-21)31(36,37)38)44-26-13-12-25-28(32,27-39-41-42-40-27)18-29(26,22-10-6-3-7-11-22)43(25)17-20-8-4-2-5-9-20/h2-11,14-16,19,25-26H,12-13,17-18H2,1H3,(H,39,40,41,42)/t19-,25-,26+,28-,29+/m0/s1. The lowest BCUT2D eigenvalue weighted by Crippen LogP contribution is -2.57. The van der Waals surface area contributed by atoms with Gasteiger partial charge in [-0.3, -0.25) is 4.90 Å². The molecule has 2 fully saturated rings. The molecule has 6 nitrogen and oxygen atoms in total. The number of hydrogen-bond acceptors (Lipinski definition) is 5. The lowest BCUT2D eigenvalue weighted by atomic mass is 9.77. The zero-order valence-corrected chi connectivity index (χ0v) is 23.4. The third-order valence-electron chi connectivity index (χ3n) is 8.81. The molecule has 2 aliphatic heterocycles.